The fourth-order valence-corrected chi connectivity index (χ4v) is 2.66. The topological polar surface area (TPSA) is 18.5 Å². The predicted molar refractivity (Wildman–Crippen MR) is 97.3 cm³/mol. The van der Waals surface area contributed by atoms with Gasteiger partial charge in [0.2, 0.25) is 29.1 Å². The minimum atomic E-state index is -3.61. The van der Waals surface area contributed by atoms with Gasteiger partial charge in [-0.1, -0.05) is 31.2 Å². The van der Waals surface area contributed by atoms with E-state index in [1.54, 1.807) is 12.1 Å². The van der Waals surface area contributed by atoms with Crippen molar-refractivity contribution in [3.05, 3.63) is 94.3 Å². The van der Waals surface area contributed by atoms with Crippen LogP contribution in [0, 0.1) is 29.1 Å². The highest BCUT2D eigenvalue weighted by Gasteiger charge is 2.34. The van der Waals surface area contributed by atoms with Crippen molar-refractivity contribution in [2.75, 3.05) is 0 Å². The molecule has 3 aromatic rings. The van der Waals surface area contributed by atoms with Crippen molar-refractivity contribution in [2.45, 2.75) is 26.1 Å². The van der Waals surface area contributed by atoms with E-state index in [1.165, 1.54) is 24.3 Å². The Morgan fingerprint density at radius 1 is 0.677 bits per heavy atom. The lowest BCUT2D eigenvalue weighted by molar-refractivity contribution is -0.185. The average Bonchev–Trinajstić information content (AvgIpc) is 2.77. The lowest BCUT2D eigenvalue weighted by atomic mass is 10.1. The summed E-state index contributed by atoms with van der Waals surface area (Å²) in [6, 6.07) is 10.4. The third-order valence-electron chi connectivity index (χ3n) is 4.42. The molecule has 0 fully saturated rings. The van der Waals surface area contributed by atoms with Gasteiger partial charge in [0, 0.05) is 0 Å². The lowest BCUT2D eigenvalue weighted by Gasteiger charge is -2.19. The molecule has 0 atom stereocenters. The number of ether oxygens (including phenoxy) is 2. The van der Waals surface area contributed by atoms with E-state index in [2.05, 4.69) is 0 Å². The summed E-state index contributed by atoms with van der Waals surface area (Å²) < 4.78 is 105. The molecule has 0 bridgehead atoms. The van der Waals surface area contributed by atoms with Gasteiger partial charge in [-0.15, -0.1) is 0 Å². The average molecular weight is 444 g/mol. The molecule has 0 aromatic heterocycles. The smallest absolute Gasteiger partial charge is 0.426 e. The van der Waals surface area contributed by atoms with Crippen LogP contribution in [0.1, 0.15) is 23.6 Å². The normalized spacial score (nSPS) is 11.5. The molecule has 0 N–H and O–H groups in total. The zero-order chi connectivity index (χ0) is 22.8. The Hall–Kier alpha value is -3.23. The van der Waals surface area contributed by atoms with Crippen LogP contribution in [0.15, 0.2) is 48.5 Å². The molecule has 0 spiro atoms. The van der Waals surface area contributed by atoms with Gasteiger partial charge < -0.3 is 9.47 Å². The van der Waals surface area contributed by atoms with Gasteiger partial charge in [0.25, 0.3) is 0 Å². The second-order valence-electron chi connectivity index (χ2n) is 6.50. The van der Waals surface area contributed by atoms with Crippen LogP contribution < -0.4 is 9.47 Å². The molecule has 3 rings (SSSR count). The monoisotopic (exact) mass is 444 g/mol. The van der Waals surface area contributed by atoms with Gasteiger partial charge in [-0.05, 0) is 41.8 Å². The molecular weight excluding hydrogens is 429 g/mol. The Morgan fingerprint density at radius 3 is 1.68 bits per heavy atom. The van der Waals surface area contributed by atoms with E-state index in [-0.39, 0.29) is 16.9 Å². The first-order valence-corrected chi connectivity index (χ1v) is 9.03. The zero-order valence-corrected chi connectivity index (χ0v) is 16.0. The maximum atomic E-state index is 14.3. The highest BCUT2D eigenvalue weighted by atomic mass is 19.3. The molecule has 0 amide bonds. The maximum Gasteiger partial charge on any atom is 0.426 e. The second kappa shape index (κ2) is 8.87. The van der Waals surface area contributed by atoms with E-state index in [4.69, 9.17) is 9.47 Å². The van der Waals surface area contributed by atoms with Crippen molar-refractivity contribution >= 4 is 0 Å². The van der Waals surface area contributed by atoms with Gasteiger partial charge in [0.15, 0.2) is 5.75 Å². The van der Waals surface area contributed by atoms with Gasteiger partial charge in [0.05, 0.1) is 5.56 Å². The summed E-state index contributed by atoms with van der Waals surface area (Å²) in [6.45, 7) is 1.31. The van der Waals surface area contributed by atoms with E-state index in [0.29, 0.717) is 6.42 Å². The first-order valence-electron chi connectivity index (χ1n) is 9.03. The van der Waals surface area contributed by atoms with Crippen molar-refractivity contribution in [3.63, 3.8) is 0 Å². The van der Waals surface area contributed by atoms with Crippen molar-refractivity contribution in [2.24, 2.45) is 0 Å². The third kappa shape index (κ3) is 4.76. The first kappa shape index (κ1) is 22.5. The van der Waals surface area contributed by atoms with Crippen LogP contribution in [-0.4, -0.2) is 0 Å². The number of hydrogen-bond acceptors (Lipinski definition) is 2. The Kier molecular flexibility index (Phi) is 6.42. The van der Waals surface area contributed by atoms with Crippen LogP contribution in [0.3, 0.4) is 0 Å². The SMILES string of the molecule is CCc1ccc(C(F)(F)Oc2ccc(COc3c(F)c(F)c(F)c(F)c3F)cc2)cc1. The summed E-state index contributed by atoms with van der Waals surface area (Å²) in [7, 11) is 0. The second-order valence-corrected chi connectivity index (χ2v) is 6.50. The predicted octanol–water partition coefficient (Wildman–Crippen LogP) is 6.65. The fourth-order valence-electron chi connectivity index (χ4n) is 2.66. The van der Waals surface area contributed by atoms with Gasteiger partial charge in [-0.2, -0.15) is 17.6 Å². The van der Waals surface area contributed by atoms with Gasteiger partial charge >= 0.3 is 6.11 Å². The quantitative estimate of drug-likeness (QED) is 0.231. The molecule has 164 valence electrons. The summed E-state index contributed by atoms with van der Waals surface area (Å²) in [5.41, 5.74) is 0.757. The van der Waals surface area contributed by atoms with Gasteiger partial charge in [-0.3, -0.25) is 0 Å². The molecule has 9 heteroatoms. The Bertz CT molecular complexity index is 1040. The Morgan fingerprint density at radius 2 is 1.16 bits per heavy atom. The van der Waals surface area contributed by atoms with Crippen LogP contribution >= 0.6 is 0 Å². The molecule has 0 radical (unpaired) electrons. The number of rotatable bonds is 7. The molecule has 3 aromatic carbocycles. The van der Waals surface area contributed by atoms with Crippen LogP contribution in [0.5, 0.6) is 11.5 Å². The molecule has 2 nitrogen and oxygen atoms in total. The molecule has 0 saturated carbocycles. The zero-order valence-electron chi connectivity index (χ0n) is 16.0. The molecule has 0 saturated heterocycles. The molecule has 0 aliphatic carbocycles. The van der Waals surface area contributed by atoms with E-state index in [9.17, 15) is 30.7 Å². The number of alkyl halides is 2. The largest absolute Gasteiger partial charge is 0.483 e. The van der Waals surface area contributed by atoms with Crippen molar-refractivity contribution in [3.8, 4) is 11.5 Å². The maximum absolute atomic E-state index is 14.3. The highest BCUT2D eigenvalue weighted by molar-refractivity contribution is 5.32. The molecule has 0 unspecified atom stereocenters. The minimum absolute atomic E-state index is 0.204. The minimum Gasteiger partial charge on any atom is -0.483 e. The lowest BCUT2D eigenvalue weighted by Crippen LogP contribution is -2.21. The fraction of sp³-hybridized carbons (Fsp3) is 0.182. The number of benzene rings is 3. The summed E-state index contributed by atoms with van der Waals surface area (Å²) in [4.78, 5) is 0. The van der Waals surface area contributed by atoms with Crippen molar-refractivity contribution in [1.29, 1.82) is 0 Å². The first-order chi connectivity index (χ1) is 14.6. The Labute approximate surface area is 172 Å². The van der Waals surface area contributed by atoms with Crippen molar-refractivity contribution < 1.29 is 40.2 Å². The van der Waals surface area contributed by atoms with Crippen LogP contribution in [0.2, 0.25) is 0 Å². The van der Waals surface area contributed by atoms with Crippen molar-refractivity contribution in [1.82, 2.24) is 0 Å². The summed E-state index contributed by atoms with van der Waals surface area (Å²) in [6.07, 6.45) is -2.92. The highest BCUT2D eigenvalue weighted by Crippen LogP contribution is 2.33. The molecular formula is C22H15F7O2. The standard InChI is InChI=1S/C22H15F7O2/c1-2-12-3-7-14(8-4-12)22(28,29)31-15-9-5-13(6-10-15)11-30-21-19(26)17(24)16(23)18(25)20(21)27/h3-10H,2,11H2,1H3. The van der Waals surface area contributed by atoms with Crippen LogP contribution in [0.25, 0.3) is 0 Å². The van der Waals surface area contributed by atoms with E-state index >= 15 is 0 Å². The molecule has 0 heterocycles. The number of hydrogen-bond donors (Lipinski definition) is 0. The van der Waals surface area contributed by atoms with E-state index in [0.717, 1.165) is 17.7 Å². The molecule has 31 heavy (non-hydrogen) atoms. The van der Waals surface area contributed by atoms with Gasteiger partial charge in [-0.25, -0.2) is 13.2 Å². The summed E-state index contributed by atoms with van der Waals surface area (Å²) in [5, 5.41) is 0. The molecule has 0 aliphatic heterocycles. The van der Waals surface area contributed by atoms with E-state index in [1.807, 2.05) is 6.92 Å². The van der Waals surface area contributed by atoms with Gasteiger partial charge in [0.1, 0.15) is 12.4 Å². The molecule has 0 aliphatic rings. The Balaban J connectivity index is 1.69. The van der Waals surface area contributed by atoms with Crippen LogP contribution in [0.4, 0.5) is 30.7 Å². The summed E-state index contributed by atoms with van der Waals surface area (Å²) in [5.74, 6) is -12.4. The third-order valence-corrected chi connectivity index (χ3v) is 4.42. The van der Waals surface area contributed by atoms with Crippen LogP contribution in [-0.2, 0) is 19.1 Å². The number of aryl methyl sites for hydroxylation is 1. The number of halogens is 7. The summed E-state index contributed by atoms with van der Waals surface area (Å²) >= 11 is 0. The van der Waals surface area contributed by atoms with E-state index < -0.39 is 47.6 Å².